The van der Waals surface area contributed by atoms with Crippen LogP contribution in [0.15, 0.2) is 47.5 Å². The fraction of sp³-hybridized carbons (Fsp3) is 0.348. The number of aryl methyl sites for hydroxylation is 1. The summed E-state index contributed by atoms with van der Waals surface area (Å²) in [5.74, 6) is -0.0600. The number of nitrogens with two attached hydrogens (primary N) is 1. The van der Waals surface area contributed by atoms with Gasteiger partial charge in [-0.05, 0) is 69.0 Å². The van der Waals surface area contributed by atoms with Gasteiger partial charge in [0.2, 0.25) is 10.0 Å². The molecule has 1 aliphatic rings. The van der Waals surface area contributed by atoms with Gasteiger partial charge in [-0.15, -0.1) is 0 Å². The van der Waals surface area contributed by atoms with Crippen molar-refractivity contribution in [2.45, 2.75) is 50.5 Å². The number of primary sulfonamides is 1. The first-order valence-electron chi connectivity index (χ1n) is 10.7. The van der Waals surface area contributed by atoms with E-state index in [4.69, 9.17) is 5.14 Å². The number of rotatable bonds is 5. The molecule has 4 rings (SSSR count). The number of nitrogens with one attached hydrogen (secondary N) is 1. The second-order valence-corrected chi connectivity index (χ2v) is 9.68. The van der Waals surface area contributed by atoms with Crippen LogP contribution in [-0.4, -0.2) is 41.8 Å². The predicted molar refractivity (Wildman–Crippen MR) is 124 cm³/mol. The molecule has 2 aromatic heterocycles. The van der Waals surface area contributed by atoms with Gasteiger partial charge in [0.1, 0.15) is 0 Å². The molecule has 3 aromatic rings. The summed E-state index contributed by atoms with van der Waals surface area (Å²) in [6, 6.07) is 10.1. The van der Waals surface area contributed by atoms with Gasteiger partial charge in [-0.25, -0.2) is 23.5 Å². The number of amides is 1. The fourth-order valence-corrected chi connectivity index (χ4v) is 4.70. The molecular formula is C23H27N5O3S. The first-order valence-corrected chi connectivity index (χ1v) is 12.3. The van der Waals surface area contributed by atoms with Crippen LogP contribution in [0.5, 0.6) is 0 Å². The van der Waals surface area contributed by atoms with Crippen LogP contribution in [0.1, 0.15) is 48.7 Å². The number of likely N-dealkylation sites (tertiary alicyclic amines) is 1. The van der Waals surface area contributed by atoms with E-state index in [1.807, 2.05) is 24.0 Å². The molecule has 0 aliphatic carbocycles. The van der Waals surface area contributed by atoms with E-state index in [-0.39, 0.29) is 16.8 Å². The standard InChI is InChI=1S/C23H27N5O3S/c1-3-17-6-4-5-13-28(17)23(29)20-14-25-22-19(12-7-15(2)26-22)21(20)27-16-8-10-18(11-9-16)32(24,30)31/h7-12,14,17H,3-6,13H2,1-2H3,(H2,24,30,31)(H,25,26,27)/t17-/m1/s1. The van der Waals surface area contributed by atoms with Gasteiger partial charge in [-0.3, -0.25) is 4.79 Å². The zero-order valence-corrected chi connectivity index (χ0v) is 19.0. The van der Waals surface area contributed by atoms with Crippen molar-refractivity contribution in [2.24, 2.45) is 5.14 Å². The number of carbonyl (C=O) groups is 1. The van der Waals surface area contributed by atoms with E-state index in [0.29, 0.717) is 22.6 Å². The van der Waals surface area contributed by atoms with Crippen molar-refractivity contribution in [3.8, 4) is 0 Å². The average molecular weight is 454 g/mol. The highest BCUT2D eigenvalue weighted by atomic mass is 32.2. The minimum Gasteiger partial charge on any atom is -0.354 e. The highest BCUT2D eigenvalue weighted by molar-refractivity contribution is 7.89. The third kappa shape index (κ3) is 4.44. The van der Waals surface area contributed by atoms with Crippen molar-refractivity contribution < 1.29 is 13.2 Å². The van der Waals surface area contributed by atoms with E-state index in [0.717, 1.165) is 43.3 Å². The number of nitrogens with zero attached hydrogens (tertiary/aromatic N) is 3. The molecule has 1 amide bonds. The number of pyridine rings is 2. The Morgan fingerprint density at radius 3 is 2.62 bits per heavy atom. The van der Waals surface area contributed by atoms with Crippen LogP contribution < -0.4 is 10.5 Å². The maximum absolute atomic E-state index is 13.6. The summed E-state index contributed by atoms with van der Waals surface area (Å²) in [7, 11) is -3.79. The van der Waals surface area contributed by atoms with Gasteiger partial charge < -0.3 is 10.2 Å². The molecule has 0 bridgehead atoms. The Hall–Kier alpha value is -3.04. The lowest BCUT2D eigenvalue weighted by molar-refractivity contribution is 0.0609. The van der Waals surface area contributed by atoms with Crippen LogP contribution in [-0.2, 0) is 10.0 Å². The van der Waals surface area contributed by atoms with Crippen LogP contribution in [0.3, 0.4) is 0 Å². The lowest BCUT2D eigenvalue weighted by atomic mass is 9.98. The molecule has 1 atom stereocenters. The Morgan fingerprint density at radius 2 is 1.94 bits per heavy atom. The fourth-order valence-electron chi connectivity index (χ4n) is 4.19. The van der Waals surface area contributed by atoms with E-state index in [1.165, 1.54) is 12.1 Å². The number of hydrogen-bond acceptors (Lipinski definition) is 6. The lowest BCUT2D eigenvalue weighted by Crippen LogP contribution is -2.43. The monoisotopic (exact) mass is 453 g/mol. The number of carbonyl (C=O) groups excluding carboxylic acids is 1. The maximum atomic E-state index is 13.6. The summed E-state index contributed by atoms with van der Waals surface area (Å²) < 4.78 is 23.2. The molecule has 168 valence electrons. The molecule has 9 heteroatoms. The Balaban J connectivity index is 1.79. The van der Waals surface area contributed by atoms with Crippen molar-refractivity contribution in [1.82, 2.24) is 14.9 Å². The molecule has 0 saturated carbocycles. The van der Waals surface area contributed by atoms with E-state index in [1.54, 1.807) is 18.3 Å². The Kier molecular flexibility index (Phi) is 6.12. The summed E-state index contributed by atoms with van der Waals surface area (Å²) >= 11 is 0. The Morgan fingerprint density at radius 1 is 1.19 bits per heavy atom. The molecule has 1 aromatic carbocycles. The van der Waals surface area contributed by atoms with Crippen LogP contribution in [0.2, 0.25) is 0 Å². The van der Waals surface area contributed by atoms with Gasteiger partial charge in [-0.1, -0.05) is 6.92 Å². The Bertz CT molecular complexity index is 1260. The number of piperidine rings is 1. The molecule has 32 heavy (non-hydrogen) atoms. The summed E-state index contributed by atoms with van der Waals surface area (Å²) in [6.45, 7) is 4.72. The number of sulfonamides is 1. The van der Waals surface area contributed by atoms with Gasteiger partial charge in [-0.2, -0.15) is 0 Å². The first kappa shape index (κ1) is 22.2. The highest BCUT2D eigenvalue weighted by Crippen LogP contribution is 2.32. The highest BCUT2D eigenvalue weighted by Gasteiger charge is 2.28. The average Bonchev–Trinajstić information content (AvgIpc) is 2.78. The van der Waals surface area contributed by atoms with Crippen molar-refractivity contribution in [3.05, 3.63) is 53.9 Å². The predicted octanol–water partition coefficient (Wildman–Crippen LogP) is 3.73. The number of aromatic nitrogens is 2. The van der Waals surface area contributed by atoms with Crippen molar-refractivity contribution in [1.29, 1.82) is 0 Å². The van der Waals surface area contributed by atoms with Gasteiger partial charge in [0.25, 0.3) is 5.91 Å². The summed E-state index contributed by atoms with van der Waals surface area (Å²) in [5, 5.41) is 9.23. The van der Waals surface area contributed by atoms with Crippen molar-refractivity contribution in [2.75, 3.05) is 11.9 Å². The summed E-state index contributed by atoms with van der Waals surface area (Å²) in [4.78, 5) is 24.5. The van der Waals surface area contributed by atoms with Crippen LogP contribution in [0.4, 0.5) is 11.4 Å². The molecule has 1 saturated heterocycles. The largest absolute Gasteiger partial charge is 0.354 e. The normalized spacial score (nSPS) is 16.8. The molecule has 1 aliphatic heterocycles. The molecule has 3 N–H and O–H groups in total. The Labute approximate surface area is 187 Å². The molecule has 3 heterocycles. The summed E-state index contributed by atoms with van der Waals surface area (Å²) in [5.41, 5.74) is 3.08. The molecule has 8 nitrogen and oxygen atoms in total. The number of hydrogen-bond donors (Lipinski definition) is 2. The second-order valence-electron chi connectivity index (χ2n) is 8.12. The number of benzene rings is 1. The molecule has 0 unspecified atom stereocenters. The second kappa shape index (κ2) is 8.84. The topological polar surface area (TPSA) is 118 Å². The third-order valence-corrected chi connectivity index (χ3v) is 6.84. The number of fused-ring (bicyclic) bond motifs is 1. The minimum atomic E-state index is -3.79. The minimum absolute atomic E-state index is 0.0235. The SMILES string of the molecule is CC[C@@H]1CCCCN1C(=O)c1cnc2nc(C)ccc2c1Nc1ccc(S(N)(=O)=O)cc1. The molecule has 0 radical (unpaired) electrons. The van der Waals surface area contributed by atoms with E-state index in [2.05, 4.69) is 22.2 Å². The van der Waals surface area contributed by atoms with Gasteiger partial charge in [0.15, 0.2) is 5.65 Å². The molecule has 1 fully saturated rings. The first-order chi connectivity index (χ1) is 15.3. The zero-order valence-electron chi connectivity index (χ0n) is 18.2. The zero-order chi connectivity index (χ0) is 22.9. The van der Waals surface area contributed by atoms with E-state index < -0.39 is 10.0 Å². The van der Waals surface area contributed by atoms with Crippen LogP contribution >= 0.6 is 0 Å². The quantitative estimate of drug-likeness (QED) is 0.608. The van der Waals surface area contributed by atoms with Gasteiger partial charge in [0.05, 0.1) is 16.1 Å². The third-order valence-electron chi connectivity index (χ3n) is 5.91. The molecular weight excluding hydrogens is 426 g/mol. The van der Waals surface area contributed by atoms with Crippen molar-refractivity contribution in [3.63, 3.8) is 0 Å². The van der Waals surface area contributed by atoms with E-state index >= 15 is 0 Å². The van der Waals surface area contributed by atoms with Gasteiger partial charge >= 0.3 is 0 Å². The smallest absolute Gasteiger partial charge is 0.257 e. The van der Waals surface area contributed by atoms with Crippen molar-refractivity contribution >= 4 is 38.3 Å². The lowest BCUT2D eigenvalue weighted by Gasteiger charge is -2.35. The number of anilines is 2. The van der Waals surface area contributed by atoms with Gasteiger partial charge in [0, 0.05) is 35.6 Å². The van der Waals surface area contributed by atoms with Crippen LogP contribution in [0, 0.1) is 6.92 Å². The van der Waals surface area contributed by atoms with E-state index in [9.17, 15) is 13.2 Å². The molecule has 0 spiro atoms. The summed E-state index contributed by atoms with van der Waals surface area (Å²) in [6.07, 6.45) is 5.61. The maximum Gasteiger partial charge on any atom is 0.257 e. The van der Waals surface area contributed by atoms with Crippen LogP contribution in [0.25, 0.3) is 11.0 Å².